The molecule has 0 aromatic rings. The van der Waals surface area contributed by atoms with Crippen molar-refractivity contribution in [2.24, 2.45) is 50.7 Å². The number of hydrogen-bond acceptors (Lipinski definition) is 4. The smallest absolute Gasteiger partial charge is 0.379 e. The first-order valence-corrected chi connectivity index (χ1v) is 15.4. The average Bonchev–Trinajstić information content (AvgIpc) is 3.69. The first-order chi connectivity index (χ1) is 18.0. The number of hydrogen-bond donors (Lipinski definition) is 1. The molecule has 6 aliphatic rings. The molecule has 1 N–H and O–H groups in total. The summed E-state index contributed by atoms with van der Waals surface area (Å²) in [6.07, 6.45) is 11.1. The van der Waals surface area contributed by atoms with Gasteiger partial charge in [-0.25, -0.2) is 0 Å². The summed E-state index contributed by atoms with van der Waals surface area (Å²) in [5.74, 6) is 1.98. The molecule has 0 aromatic heterocycles. The van der Waals surface area contributed by atoms with E-state index in [0.29, 0.717) is 12.2 Å². The summed E-state index contributed by atoms with van der Waals surface area (Å²) in [5, 5.41) is 13.5. The molecule has 6 aliphatic carbocycles. The number of Topliss-reactive ketones (excluding diaryl/α,β-unsaturated/α-hetero) is 2. The maximum absolute atomic E-state index is 14.6. The van der Waals surface area contributed by atoms with Crippen molar-refractivity contribution >= 4 is 17.5 Å². The van der Waals surface area contributed by atoms with E-state index in [1.165, 1.54) is 5.92 Å². The van der Waals surface area contributed by atoms with Crippen LogP contribution in [0.5, 0.6) is 0 Å². The minimum atomic E-state index is -0.617. The summed E-state index contributed by atoms with van der Waals surface area (Å²) in [6.45, 7) is 15.7. The molecule has 0 spiro atoms. The fraction of sp³-hybridized carbons (Fsp3) is 0.794. The Labute approximate surface area is 253 Å². The molecule has 0 radical (unpaired) electrons. The van der Waals surface area contributed by atoms with E-state index in [0.717, 1.165) is 57.8 Å². The van der Waals surface area contributed by atoms with Crippen molar-refractivity contribution in [1.29, 1.82) is 5.26 Å². The maximum Gasteiger partial charge on any atom is 1.00 e. The first-order valence-electron chi connectivity index (χ1n) is 15.4. The Bertz CT molecular complexity index is 1230. The van der Waals surface area contributed by atoms with Gasteiger partial charge in [-0.3, -0.25) is 15.5 Å². The molecule has 7 atom stereocenters. The van der Waals surface area contributed by atoms with Gasteiger partial charge < -0.3 is 10.1 Å². The number of nitrogens with one attached hydrogen (secondary N) is 1. The van der Waals surface area contributed by atoms with Gasteiger partial charge in [-0.05, 0) is 60.2 Å². The summed E-state index contributed by atoms with van der Waals surface area (Å²) in [5.41, 5.74) is -1.29. The van der Waals surface area contributed by atoms with E-state index in [9.17, 15) is 19.6 Å². The quantitative estimate of drug-likeness (QED) is 0.431. The van der Waals surface area contributed by atoms with Gasteiger partial charge in [0, 0.05) is 17.8 Å². The van der Waals surface area contributed by atoms with Crippen LogP contribution in [0.25, 0.3) is 0 Å². The number of fused-ring (bicyclic) bond motifs is 7. The van der Waals surface area contributed by atoms with Crippen LogP contribution in [-0.2, 0) is 14.4 Å². The number of nitriles is 1. The van der Waals surface area contributed by atoms with Gasteiger partial charge in [0.25, 0.3) is 0 Å². The number of amides is 1. The Morgan fingerprint density at radius 2 is 1.57 bits per heavy atom. The summed E-state index contributed by atoms with van der Waals surface area (Å²) in [6, 6.07) is 2.22. The van der Waals surface area contributed by atoms with Crippen LogP contribution in [0.2, 0.25) is 0 Å². The minimum Gasteiger partial charge on any atom is -0.379 e. The first kappa shape index (κ1) is 30.1. The Morgan fingerprint density at radius 3 is 2.20 bits per heavy atom. The van der Waals surface area contributed by atoms with Gasteiger partial charge in [-0.1, -0.05) is 90.7 Å². The van der Waals surface area contributed by atoms with Crippen LogP contribution in [0.15, 0.2) is 11.6 Å². The summed E-state index contributed by atoms with van der Waals surface area (Å²) in [4.78, 5) is 41.0. The van der Waals surface area contributed by atoms with E-state index >= 15 is 0 Å². The fourth-order valence-electron chi connectivity index (χ4n) is 10.8. The van der Waals surface area contributed by atoms with Crippen molar-refractivity contribution in [3.05, 3.63) is 17.6 Å². The van der Waals surface area contributed by atoms with Crippen LogP contribution in [0.4, 0.5) is 0 Å². The zero-order valence-electron chi connectivity index (χ0n) is 26.1. The topological polar surface area (TPSA) is 87.0 Å². The van der Waals surface area contributed by atoms with Crippen molar-refractivity contribution < 1.29 is 33.2 Å². The van der Waals surface area contributed by atoms with Crippen molar-refractivity contribution in [3.8, 4) is 6.07 Å². The van der Waals surface area contributed by atoms with Crippen LogP contribution >= 0.6 is 0 Å². The van der Waals surface area contributed by atoms with E-state index in [2.05, 4.69) is 46.0 Å². The predicted octanol–water partition coefficient (Wildman–Crippen LogP) is 3.53. The third-order valence-electron chi connectivity index (χ3n) is 13.4. The molecule has 0 saturated heterocycles. The number of ketones is 2. The molecule has 0 aromatic carbocycles. The van der Waals surface area contributed by atoms with Crippen LogP contribution < -0.4 is 24.2 Å². The molecule has 5 nitrogen and oxygen atoms in total. The SMILES string of the molecule is CC1(C)CC[C@]2(NC(=O)C3CC3)CC[C@]3(C)[C@H](C(=O)CC4[C@@]5(C)C=C(C#N)C(=O)C(C)(C)C5CC[C@]43C)[C-]2C1.[Li+]. The van der Waals surface area contributed by atoms with Gasteiger partial charge in [-0.15, -0.1) is 0 Å². The Kier molecular flexibility index (Phi) is 6.83. The van der Waals surface area contributed by atoms with E-state index in [4.69, 9.17) is 0 Å². The number of allylic oxidation sites excluding steroid dienone is 2. The zero-order valence-corrected chi connectivity index (χ0v) is 26.1. The van der Waals surface area contributed by atoms with Crippen LogP contribution in [-0.4, -0.2) is 23.0 Å². The second-order valence-corrected chi connectivity index (χ2v) is 16.4. The number of rotatable bonds is 2. The van der Waals surface area contributed by atoms with Crippen molar-refractivity contribution in [3.63, 3.8) is 0 Å². The van der Waals surface area contributed by atoms with Gasteiger partial charge in [0.2, 0.25) is 5.91 Å². The van der Waals surface area contributed by atoms with E-state index < -0.39 is 5.41 Å². The van der Waals surface area contributed by atoms with Crippen LogP contribution in [0.1, 0.15) is 113 Å². The van der Waals surface area contributed by atoms with Gasteiger partial charge in [-0.2, -0.15) is 11.7 Å². The van der Waals surface area contributed by atoms with Crippen LogP contribution in [0.3, 0.4) is 0 Å². The largest absolute Gasteiger partial charge is 1.00 e. The molecule has 2 unspecified atom stereocenters. The zero-order chi connectivity index (χ0) is 28.4. The van der Waals surface area contributed by atoms with Crippen molar-refractivity contribution in [1.82, 2.24) is 5.32 Å². The molecular formula is C34H47LiN2O3. The number of carbonyl (C=O) groups excluding carboxylic acids is 3. The molecule has 0 bridgehead atoms. The Hall–Kier alpha value is -1.36. The molecule has 5 saturated carbocycles. The van der Waals surface area contributed by atoms with Crippen LogP contribution in [0, 0.1) is 68.0 Å². The monoisotopic (exact) mass is 538 g/mol. The third-order valence-corrected chi connectivity index (χ3v) is 13.4. The van der Waals surface area contributed by atoms with Crippen molar-refractivity contribution in [2.45, 2.75) is 118 Å². The molecule has 0 aliphatic heterocycles. The summed E-state index contributed by atoms with van der Waals surface area (Å²) < 4.78 is 0. The summed E-state index contributed by atoms with van der Waals surface area (Å²) >= 11 is 0. The van der Waals surface area contributed by atoms with E-state index in [1.807, 2.05) is 19.9 Å². The van der Waals surface area contributed by atoms with Gasteiger partial charge in [0.15, 0.2) is 5.78 Å². The van der Waals surface area contributed by atoms with E-state index in [1.54, 1.807) is 0 Å². The van der Waals surface area contributed by atoms with E-state index in [-0.39, 0.29) is 87.0 Å². The average molecular weight is 539 g/mol. The van der Waals surface area contributed by atoms with Gasteiger partial charge in [0.1, 0.15) is 11.9 Å². The molecule has 6 rings (SSSR count). The Morgan fingerprint density at radius 1 is 0.925 bits per heavy atom. The second-order valence-electron chi connectivity index (χ2n) is 16.4. The molecule has 0 heterocycles. The standard InChI is InChI=1S/C34H47N2O3.Li/c1-29(2)12-14-34(36-28(39)20-8-9-20)15-13-33(7)26(22(34)18-29)23(37)16-25-31(5)17-21(19-35)27(38)30(3,4)24(31)10-11-32(25,33)6;/h17,20,24-26H,8-16,18H2,1-7H3,(H,36,39);/q-1;+1/t24?,25?,26-,31-,32+,33+,34-;/m0./s1. The van der Waals surface area contributed by atoms with Gasteiger partial charge in [0.05, 0.1) is 5.57 Å². The molecule has 1 amide bonds. The molecule has 6 heteroatoms. The normalized spacial score (nSPS) is 45.4. The third kappa shape index (κ3) is 3.87. The number of carbonyl (C=O) groups is 3. The molecule has 40 heavy (non-hydrogen) atoms. The minimum absolute atomic E-state index is 0. The van der Waals surface area contributed by atoms with Gasteiger partial charge >= 0.3 is 18.9 Å². The fourth-order valence-corrected chi connectivity index (χ4v) is 10.8. The Balaban J connectivity index is 0.00000323. The summed E-state index contributed by atoms with van der Waals surface area (Å²) in [7, 11) is 0. The molecular weight excluding hydrogens is 491 g/mol. The number of nitrogens with zero attached hydrogens (tertiary/aromatic N) is 1. The second kappa shape index (κ2) is 9.07. The van der Waals surface area contributed by atoms with Crippen molar-refractivity contribution in [2.75, 3.05) is 0 Å². The molecule has 5 fully saturated rings. The predicted molar refractivity (Wildman–Crippen MR) is 150 cm³/mol. The molecule has 212 valence electrons. The maximum atomic E-state index is 14.6.